The molecular formula is C22H15ClN2O3. The molecule has 5 nitrogen and oxygen atoms in total. The van der Waals surface area contributed by atoms with Crippen molar-refractivity contribution in [2.45, 2.75) is 0 Å². The van der Waals surface area contributed by atoms with Crippen molar-refractivity contribution in [1.29, 1.82) is 0 Å². The van der Waals surface area contributed by atoms with E-state index in [-0.39, 0.29) is 5.91 Å². The number of nitrogens with one attached hydrogen (secondary N) is 1. The maximum atomic E-state index is 12.9. The van der Waals surface area contributed by atoms with Crippen molar-refractivity contribution in [3.63, 3.8) is 0 Å². The number of nitrogens with zero attached hydrogens (tertiary/aromatic N) is 1. The average Bonchev–Trinajstić information content (AvgIpc) is 3.22. The highest BCUT2D eigenvalue weighted by Gasteiger charge is 2.19. The Bertz CT molecular complexity index is 1100. The first kappa shape index (κ1) is 17.8. The van der Waals surface area contributed by atoms with Crippen LogP contribution in [-0.4, -0.2) is 11.1 Å². The minimum absolute atomic E-state index is 0.317. The highest BCUT2D eigenvalue weighted by Crippen LogP contribution is 2.33. The quantitative estimate of drug-likeness (QED) is 0.451. The summed E-state index contributed by atoms with van der Waals surface area (Å²) in [6.07, 6.45) is 1.32. The summed E-state index contributed by atoms with van der Waals surface area (Å²) in [5.74, 6) is 0.747. The molecule has 0 aliphatic carbocycles. The lowest BCUT2D eigenvalue weighted by Gasteiger charge is -2.12. The number of anilines is 1. The molecule has 4 aromatic rings. The first-order valence-electron chi connectivity index (χ1n) is 8.54. The normalized spacial score (nSPS) is 10.5. The Morgan fingerprint density at radius 3 is 2.43 bits per heavy atom. The molecule has 0 saturated carbocycles. The summed E-state index contributed by atoms with van der Waals surface area (Å²) in [5, 5.41) is 7.28. The van der Waals surface area contributed by atoms with Crippen molar-refractivity contribution in [2.75, 3.05) is 5.32 Å². The largest absolute Gasteiger partial charge is 0.455 e. The lowest BCUT2D eigenvalue weighted by molar-refractivity contribution is 0.102. The molecule has 0 atom stereocenters. The van der Waals surface area contributed by atoms with Crippen LogP contribution in [0.25, 0.3) is 11.3 Å². The van der Waals surface area contributed by atoms with Gasteiger partial charge in [0.1, 0.15) is 23.3 Å². The Morgan fingerprint density at radius 2 is 1.68 bits per heavy atom. The summed E-state index contributed by atoms with van der Waals surface area (Å²) < 4.78 is 10.9. The number of aromatic nitrogens is 1. The fraction of sp³-hybridized carbons (Fsp3) is 0. The van der Waals surface area contributed by atoms with Crippen LogP contribution in [0.1, 0.15) is 10.4 Å². The van der Waals surface area contributed by atoms with Gasteiger partial charge in [-0.2, -0.15) is 0 Å². The second-order valence-corrected chi connectivity index (χ2v) is 6.39. The number of benzene rings is 3. The molecule has 3 aromatic carbocycles. The van der Waals surface area contributed by atoms with E-state index in [0.29, 0.717) is 33.5 Å². The van der Waals surface area contributed by atoms with Crippen LogP contribution in [0.4, 0.5) is 5.69 Å². The van der Waals surface area contributed by atoms with Gasteiger partial charge in [0.2, 0.25) is 0 Å². The van der Waals surface area contributed by atoms with E-state index >= 15 is 0 Å². The van der Waals surface area contributed by atoms with Crippen LogP contribution < -0.4 is 10.1 Å². The third-order valence-electron chi connectivity index (χ3n) is 4.02. The van der Waals surface area contributed by atoms with Gasteiger partial charge in [-0.25, -0.2) is 0 Å². The molecule has 1 N–H and O–H groups in total. The zero-order valence-electron chi connectivity index (χ0n) is 14.6. The summed E-state index contributed by atoms with van der Waals surface area (Å²) in [7, 11) is 0. The number of carbonyl (C=O) groups is 1. The van der Waals surface area contributed by atoms with Gasteiger partial charge in [0.15, 0.2) is 5.75 Å². The molecule has 0 aliphatic rings. The number of hydrogen-bond donors (Lipinski definition) is 1. The third-order valence-corrected chi connectivity index (χ3v) is 4.26. The SMILES string of the molecule is O=C(Nc1cc(Cl)ccc1Oc1ccccc1)c1conc1-c1ccccc1. The van der Waals surface area contributed by atoms with Crippen LogP contribution in [0.15, 0.2) is 89.6 Å². The first-order valence-corrected chi connectivity index (χ1v) is 8.92. The monoisotopic (exact) mass is 390 g/mol. The first-order chi connectivity index (χ1) is 13.7. The molecule has 1 aromatic heterocycles. The second kappa shape index (κ2) is 7.98. The van der Waals surface area contributed by atoms with Crippen molar-refractivity contribution in [1.82, 2.24) is 5.16 Å². The van der Waals surface area contributed by atoms with Crippen LogP contribution in [0, 0.1) is 0 Å². The van der Waals surface area contributed by atoms with Crippen molar-refractivity contribution in [3.8, 4) is 22.8 Å². The van der Waals surface area contributed by atoms with E-state index in [1.807, 2.05) is 60.7 Å². The predicted octanol–water partition coefficient (Wildman–Crippen LogP) is 6.04. The zero-order chi connectivity index (χ0) is 19.3. The van der Waals surface area contributed by atoms with Crippen LogP contribution in [0.5, 0.6) is 11.5 Å². The molecule has 0 fully saturated rings. The molecule has 0 radical (unpaired) electrons. The van der Waals surface area contributed by atoms with Gasteiger partial charge in [-0.15, -0.1) is 0 Å². The van der Waals surface area contributed by atoms with Gasteiger partial charge in [-0.3, -0.25) is 4.79 Å². The van der Waals surface area contributed by atoms with E-state index in [4.69, 9.17) is 20.9 Å². The summed E-state index contributed by atoms with van der Waals surface area (Å²) in [5.41, 5.74) is 2.01. The maximum absolute atomic E-state index is 12.9. The van der Waals surface area contributed by atoms with Gasteiger partial charge in [0.05, 0.1) is 5.69 Å². The molecular weight excluding hydrogens is 376 g/mol. The van der Waals surface area contributed by atoms with E-state index in [1.165, 1.54) is 6.26 Å². The predicted molar refractivity (Wildman–Crippen MR) is 108 cm³/mol. The van der Waals surface area contributed by atoms with E-state index in [0.717, 1.165) is 5.56 Å². The smallest absolute Gasteiger partial charge is 0.261 e. The molecule has 0 aliphatic heterocycles. The van der Waals surface area contributed by atoms with Gasteiger partial charge in [-0.1, -0.05) is 65.3 Å². The van der Waals surface area contributed by atoms with Crippen LogP contribution in [-0.2, 0) is 0 Å². The molecule has 1 heterocycles. The van der Waals surface area contributed by atoms with Crippen LogP contribution in [0.3, 0.4) is 0 Å². The van der Waals surface area contributed by atoms with Crippen LogP contribution in [0.2, 0.25) is 5.02 Å². The second-order valence-electron chi connectivity index (χ2n) is 5.95. The van der Waals surface area contributed by atoms with E-state index < -0.39 is 0 Å². The van der Waals surface area contributed by atoms with E-state index in [9.17, 15) is 4.79 Å². The number of amides is 1. The third kappa shape index (κ3) is 3.89. The number of rotatable bonds is 5. The number of carbonyl (C=O) groups excluding carboxylic acids is 1. The van der Waals surface area contributed by atoms with Gasteiger partial charge < -0.3 is 14.6 Å². The van der Waals surface area contributed by atoms with E-state index in [2.05, 4.69) is 10.5 Å². The summed E-state index contributed by atoms with van der Waals surface area (Å²) >= 11 is 6.12. The Balaban J connectivity index is 1.62. The summed E-state index contributed by atoms with van der Waals surface area (Å²) in [6.45, 7) is 0. The minimum atomic E-state index is -0.375. The van der Waals surface area contributed by atoms with Crippen molar-refractivity contribution >= 4 is 23.2 Å². The van der Waals surface area contributed by atoms with Crippen molar-refractivity contribution in [3.05, 3.63) is 95.7 Å². The highest BCUT2D eigenvalue weighted by molar-refractivity contribution is 6.31. The Morgan fingerprint density at radius 1 is 0.964 bits per heavy atom. The van der Waals surface area contributed by atoms with Crippen molar-refractivity contribution in [2.24, 2.45) is 0 Å². The topological polar surface area (TPSA) is 64.4 Å². The van der Waals surface area contributed by atoms with Gasteiger partial charge in [0, 0.05) is 10.6 Å². The van der Waals surface area contributed by atoms with Gasteiger partial charge in [0.25, 0.3) is 5.91 Å². The fourth-order valence-electron chi connectivity index (χ4n) is 2.70. The molecule has 0 spiro atoms. The molecule has 138 valence electrons. The minimum Gasteiger partial charge on any atom is -0.455 e. The van der Waals surface area contributed by atoms with E-state index in [1.54, 1.807) is 18.2 Å². The average molecular weight is 391 g/mol. The maximum Gasteiger partial charge on any atom is 0.261 e. The molecule has 6 heteroatoms. The molecule has 0 bridgehead atoms. The summed E-state index contributed by atoms with van der Waals surface area (Å²) in [4.78, 5) is 12.9. The molecule has 1 amide bonds. The van der Waals surface area contributed by atoms with Crippen LogP contribution >= 0.6 is 11.6 Å². The Labute approximate surface area is 166 Å². The van der Waals surface area contributed by atoms with Gasteiger partial charge >= 0.3 is 0 Å². The van der Waals surface area contributed by atoms with Gasteiger partial charge in [-0.05, 0) is 30.3 Å². The fourth-order valence-corrected chi connectivity index (χ4v) is 2.87. The lowest BCUT2D eigenvalue weighted by Crippen LogP contribution is -2.13. The number of para-hydroxylation sites is 1. The molecule has 28 heavy (non-hydrogen) atoms. The lowest BCUT2D eigenvalue weighted by atomic mass is 10.1. The zero-order valence-corrected chi connectivity index (χ0v) is 15.4. The number of hydrogen-bond acceptors (Lipinski definition) is 4. The standard InChI is InChI=1S/C22H15ClN2O3/c23-16-11-12-20(28-17-9-5-2-6-10-17)19(13-16)24-22(26)18-14-27-25-21(18)15-7-3-1-4-8-15/h1-14H,(H,24,26). The summed E-state index contributed by atoms with van der Waals surface area (Å²) in [6, 6.07) is 23.7. The van der Waals surface area contributed by atoms with Crippen molar-refractivity contribution < 1.29 is 14.1 Å². The highest BCUT2D eigenvalue weighted by atomic mass is 35.5. The molecule has 0 saturated heterocycles. The Hall–Kier alpha value is -3.57. The Kier molecular flexibility index (Phi) is 5.08. The number of halogens is 1. The molecule has 0 unspecified atom stereocenters. The molecule has 4 rings (SSSR count). The number of ether oxygens (including phenoxy) is 1.